The van der Waals surface area contributed by atoms with Crippen molar-refractivity contribution in [3.8, 4) is 22.3 Å². The van der Waals surface area contributed by atoms with Crippen molar-refractivity contribution in [1.29, 1.82) is 0 Å². The average molecular weight is 901 g/mol. The third kappa shape index (κ3) is 11.2. The molecule has 0 saturated carbocycles. The number of piperazine rings is 2. The third-order valence-corrected chi connectivity index (χ3v) is 11.6. The van der Waals surface area contributed by atoms with Crippen molar-refractivity contribution in [3.05, 3.63) is 141 Å². The van der Waals surface area contributed by atoms with Crippen molar-refractivity contribution in [3.63, 3.8) is 0 Å². The van der Waals surface area contributed by atoms with Crippen LogP contribution in [-0.2, 0) is 18.9 Å². The predicted molar refractivity (Wildman–Crippen MR) is 232 cm³/mol. The Morgan fingerprint density at radius 2 is 0.984 bits per heavy atom. The van der Waals surface area contributed by atoms with Crippen LogP contribution in [-0.4, -0.2) is 105 Å². The van der Waals surface area contributed by atoms with Crippen molar-refractivity contribution < 1.29 is 41.0 Å². The maximum atomic E-state index is 13.6. The van der Waals surface area contributed by atoms with Gasteiger partial charge in [-0.3, -0.25) is 4.79 Å². The van der Waals surface area contributed by atoms with Gasteiger partial charge >= 0.3 is 18.3 Å². The summed E-state index contributed by atoms with van der Waals surface area (Å²) in [5.41, 5.74) is 1.80. The molecule has 2 heterocycles. The topological polar surface area (TPSA) is 70.6 Å². The number of anilines is 2. The lowest BCUT2D eigenvalue weighted by Crippen LogP contribution is -2.44. The summed E-state index contributed by atoms with van der Waals surface area (Å²) >= 11 is 12.7. The van der Waals surface area contributed by atoms with Crippen LogP contribution in [0, 0.1) is 0 Å². The molecule has 0 aliphatic carbocycles. The first-order valence-corrected chi connectivity index (χ1v) is 20.5. The Labute approximate surface area is 366 Å². The Morgan fingerprint density at radius 3 is 1.39 bits per heavy atom. The summed E-state index contributed by atoms with van der Waals surface area (Å²) in [6.45, 7) is 6.70. The third-order valence-electron chi connectivity index (χ3n) is 10.9. The highest BCUT2D eigenvalue weighted by atomic mass is 35.5. The van der Waals surface area contributed by atoms with E-state index < -0.39 is 41.9 Å². The molecule has 5 aromatic carbocycles. The van der Waals surface area contributed by atoms with Gasteiger partial charge in [-0.2, -0.15) is 26.3 Å². The minimum absolute atomic E-state index is 0.0674. The van der Waals surface area contributed by atoms with Gasteiger partial charge in [0.15, 0.2) is 0 Å². The molecule has 7 rings (SSSR count). The van der Waals surface area contributed by atoms with Crippen molar-refractivity contribution in [2.45, 2.75) is 18.9 Å². The number of amides is 1. The summed E-state index contributed by atoms with van der Waals surface area (Å²) in [5, 5.41) is 10.5. The van der Waals surface area contributed by atoms with Gasteiger partial charge in [0, 0.05) is 104 Å². The molecule has 1 N–H and O–H groups in total. The lowest BCUT2D eigenvalue weighted by Gasteiger charge is -2.34. The first kappa shape index (κ1) is 46.2. The van der Waals surface area contributed by atoms with E-state index in [0.29, 0.717) is 38.9 Å². The van der Waals surface area contributed by atoms with Gasteiger partial charge in [-0.15, -0.1) is 0 Å². The zero-order valence-corrected chi connectivity index (χ0v) is 35.7. The molecule has 328 valence electrons. The summed E-state index contributed by atoms with van der Waals surface area (Å²) in [6, 6.07) is 26.4. The Balaban J connectivity index is 0.000000236. The highest BCUT2D eigenvalue weighted by Crippen LogP contribution is 2.38. The van der Waals surface area contributed by atoms with E-state index in [2.05, 4.69) is 26.6 Å². The number of hydrogen-bond donors (Lipinski definition) is 1. The number of carboxylic acid groups (broad SMARTS) is 1. The molecule has 1 amide bonds. The molecule has 2 fully saturated rings. The fourth-order valence-corrected chi connectivity index (χ4v) is 7.90. The summed E-state index contributed by atoms with van der Waals surface area (Å²) in [4.78, 5) is 35.2. The molecule has 2 aliphatic rings. The molecule has 62 heavy (non-hydrogen) atoms. The number of alkyl halides is 6. The highest BCUT2D eigenvalue weighted by molar-refractivity contribution is 6.34. The van der Waals surface area contributed by atoms with Crippen LogP contribution in [0.15, 0.2) is 103 Å². The second-order valence-electron chi connectivity index (χ2n) is 15.4. The Hall–Kier alpha value is -5.28. The van der Waals surface area contributed by atoms with Crippen LogP contribution >= 0.6 is 23.2 Å². The lowest BCUT2D eigenvalue weighted by atomic mass is 9.97. The molecule has 0 bridgehead atoms. The average Bonchev–Trinajstić information content (AvgIpc) is 3.23. The number of carboxylic acids is 1. The summed E-state index contributed by atoms with van der Waals surface area (Å²) in [7, 11) is 5.48. The van der Waals surface area contributed by atoms with Crippen molar-refractivity contribution in [2.24, 2.45) is 0 Å². The number of hydrogen-bond acceptors (Lipinski definition) is 6. The molecule has 2 aliphatic heterocycles. The molecular weight excluding hydrogens is 855 g/mol. The Bertz CT molecular complexity index is 2360. The first-order valence-electron chi connectivity index (χ1n) is 19.7. The summed E-state index contributed by atoms with van der Waals surface area (Å²) in [5.74, 6) is -1.51. The molecule has 0 unspecified atom stereocenters. The lowest BCUT2D eigenvalue weighted by molar-refractivity contribution is -0.143. The number of rotatable bonds is 8. The van der Waals surface area contributed by atoms with Crippen LogP contribution < -0.4 is 9.80 Å². The molecular formula is C46H45Cl2F6N5O3. The number of nitrogens with zero attached hydrogens (tertiary/aromatic N) is 5. The zero-order valence-electron chi connectivity index (χ0n) is 34.2. The molecule has 0 radical (unpaired) electrons. The van der Waals surface area contributed by atoms with Gasteiger partial charge in [-0.25, -0.2) is 4.79 Å². The first-order chi connectivity index (χ1) is 29.3. The molecule has 0 spiro atoms. The maximum absolute atomic E-state index is 13.6. The molecule has 8 nitrogen and oxygen atoms in total. The maximum Gasteiger partial charge on any atom is 0.416 e. The van der Waals surface area contributed by atoms with Crippen LogP contribution in [0.5, 0.6) is 0 Å². The number of carbonyl (C=O) groups excluding carboxylic acids is 1. The van der Waals surface area contributed by atoms with Crippen LogP contribution in [0.2, 0.25) is 10.0 Å². The van der Waals surface area contributed by atoms with Gasteiger partial charge in [0.05, 0.1) is 16.7 Å². The highest BCUT2D eigenvalue weighted by Gasteiger charge is 2.37. The number of halogens is 8. The minimum Gasteiger partial charge on any atom is -0.478 e. The number of aromatic carboxylic acids is 1. The van der Waals surface area contributed by atoms with Gasteiger partial charge in [0.1, 0.15) is 0 Å². The van der Waals surface area contributed by atoms with Gasteiger partial charge in [-0.05, 0) is 97.5 Å². The fourth-order valence-electron chi connectivity index (χ4n) is 7.43. The van der Waals surface area contributed by atoms with E-state index in [1.54, 1.807) is 48.5 Å². The largest absolute Gasteiger partial charge is 0.478 e. The summed E-state index contributed by atoms with van der Waals surface area (Å²) < 4.78 is 79.9. The SMILES string of the molecule is CN1CCN(c2ccc(C(=O)N(C)Cc3cc(C(F)(F)F)cc(C(F)(F)F)c3)c(-c3ccccc3Cl)c2)CC1.CN1CCN(c2ccc(C(=O)O)c(-c3ccccc3Cl)c2)CC1. The number of carbonyl (C=O) groups is 2. The smallest absolute Gasteiger partial charge is 0.416 e. The van der Waals surface area contributed by atoms with E-state index in [9.17, 15) is 41.0 Å². The molecule has 0 atom stereocenters. The normalized spacial score (nSPS) is 15.2. The van der Waals surface area contributed by atoms with E-state index in [1.807, 2.05) is 43.4 Å². The van der Waals surface area contributed by atoms with Crippen molar-refractivity contribution in [2.75, 3.05) is 83.3 Å². The summed E-state index contributed by atoms with van der Waals surface area (Å²) in [6.07, 6.45) is -9.95. The number of likely N-dealkylation sites (N-methyl/N-ethyl adjacent to an activating group) is 2. The Morgan fingerprint density at radius 1 is 0.581 bits per heavy atom. The quantitative estimate of drug-likeness (QED) is 0.156. The molecule has 16 heteroatoms. The second-order valence-corrected chi connectivity index (χ2v) is 16.2. The van der Waals surface area contributed by atoms with Crippen LogP contribution in [0.3, 0.4) is 0 Å². The fraction of sp³-hybridized carbons (Fsp3) is 0.304. The van der Waals surface area contributed by atoms with Crippen LogP contribution in [0.25, 0.3) is 22.3 Å². The predicted octanol–water partition coefficient (Wildman–Crippen LogP) is 10.5. The molecule has 5 aromatic rings. The van der Waals surface area contributed by atoms with Crippen LogP contribution in [0.4, 0.5) is 37.7 Å². The monoisotopic (exact) mass is 899 g/mol. The van der Waals surface area contributed by atoms with Gasteiger partial charge < -0.3 is 29.6 Å². The van der Waals surface area contributed by atoms with Crippen LogP contribution in [0.1, 0.15) is 37.4 Å². The van der Waals surface area contributed by atoms with E-state index in [4.69, 9.17) is 23.2 Å². The number of benzene rings is 5. The zero-order chi connectivity index (χ0) is 44.9. The minimum atomic E-state index is -4.98. The standard InChI is InChI=1S/C28H26ClF6N3O.C18H19ClN2O2/c1-36-9-11-38(12-10-36)21-7-8-23(24(16-21)22-5-3-4-6-25(22)29)26(39)37(2)17-18-13-19(27(30,31)32)15-20(14-18)28(33,34)35;1-20-8-10-21(11-9-20)13-6-7-15(18(22)23)16(12-13)14-4-2-3-5-17(14)19/h3-8,13-16H,9-12,17H2,1-2H3;2-7,12H,8-11H2,1H3,(H,22,23). The van der Waals surface area contributed by atoms with E-state index in [1.165, 1.54) is 7.05 Å². The van der Waals surface area contributed by atoms with Gasteiger partial charge in [0.25, 0.3) is 5.91 Å². The van der Waals surface area contributed by atoms with Gasteiger partial charge in [-0.1, -0.05) is 59.6 Å². The molecule has 0 aromatic heterocycles. The van der Waals surface area contributed by atoms with Gasteiger partial charge in [0.2, 0.25) is 0 Å². The van der Waals surface area contributed by atoms with Crippen molar-refractivity contribution >= 4 is 46.5 Å². The molecule has 2 saturated heterocycles. The second kappa shape index (κ2) is 19.4. The van der Waals surface area contributed by atoms with E-state index in [-0.39, 0.29) is 22.8 Å². The van der Waals surface area contributed by atoms with E-state index >= 15 is 0 Å². The van der Waals surface area contributed by atoms with Crippen molar-refractivity contribution in [1.82, 2.24) is 14.7 Å². The Kier molecular flexibility index (Phi) is 14.5. The van der Waals surface area contributed by atoms with E-state index in [0.717, 1.165) is 74.2 Å².